The minimum Gasteiger partial charge on any atom is -0.493 e. The summed E-state index contributed by atoms with van der Waals surface area (Å²) in [4.78, 5) is 17.8. The summed E-state index contributed by atoms with van der Waals surface area (Å²) in [5.74, 6) is 2.48. The Hall–Kier alpha value is -2.69. The number of methoxy groups -OCH3 is 2. The molecule has 0 unspecified atom stereocenters. The van der Waals surface area contributed by atoms with Crippen molar-refractivity contribution in [3.63, 3.8) is 0 Å². The standard InChI is InChI=1S/C22H30N4O4.HI/c1-6-23-22(25-17-10-11-19(28-4)20(13-17)29-5)24-14-16-8-7-9-18(12-16)30-15-21(27)26(2)3;/h7-13H,6,14-15H2,1-5H3,(H2,23,24,25);1H. The number of anilines is 1. The van der Waals surface area contributed by atoms with Crippen LogP contribution in [0.2, 0.25) is 0 Å². The molecule has 0 radical (unpaired) electrons. The molecule has 2 rings (SSSR count). The summed E-state index contributed by atoms with van der Waals surface area (Å²) in [5, 5.41) is 6.49. The van der Waals surface area contributed by atoms with Crippen LogP contribution in [0.4, 0.5) is 5.69 Å². The first kappa shape index (κ1) is 26.3. The normalized spacial score (nSPS) is 10.5. The molecule has 0 saturated carbocycles. The zero-order valence-electron chi connectivity index (χ0n) is 18.6. The van der Waals surface area contributed by atoms with Crippen LogP contribution < -0.4 is 24.8 Å². The number of aliphatic imine (C=N–C) groups is 1. The Kier molecular flexibility index (Phi) is 11.5. The summed E-state index contributed by atoms with van der Waals surface area (Å²) < 4.78 is 16.2. The van der Waals surface area contributed by atoms with Gasteiger partial charge in [0, 0.05) is 32.4 Å². The molecule has 0 fully saturated rings. The number of nitrogens with zero attached hydrogens (tertiary/aromatic N) is 2. The van der Waals surface area contributed by atoms with E-state index in [1.54, 1.807) is 28.3 Å². The van der Waals surface area contributed by atoms with E-state index in [9.17, 15) is 4.79 Å². The number of ether oxygens (including phenoxy) is 3. The molecule has 0 aliphatic carbocycles. The van der Waals surface area contributed by atoms with Crippen molar-refractivity contribution in [3.8, 4) is 17.2 Å². The van der Waals surface area contributed by atoms with Crippen molar-refractivity contribution in [1.29, 1.82) is 0 Å². The van der Waals surface area contributed by atoms with Crippen LogP contribution in [-0.2, 0) is 11.3 Å². The Morgan fingerprint density at radius 3 is 2.45 bits per heavy atom. The van der Waals surface area contributed by atoms with E-state index in [0.717, 1.165) is 17.8 Å². The van der Waals surface area contributed by atoms with Gasteiger partial charge < -0.3 is 29.7 Å². The molecule has 0 heterocycles. The molecule has 8 nitrogen and oxygen atoms in total. The smallest absolute Gasteiger partial charge is 0.259 e. The number of amides is 1. The molecule has 0 aromatic heterocycles. The number of hydrogen-bond acceptors (Lipinski definition) is 5. The van der Waals surface area contributed by atoms with Crippen molar-refractivity contribution in [2.75, 3.05) is 46.8 Å². The van der Waals surface area contributed by atoms with Gasteiger partial charge in [-0.2, -0.15) is 0 Å². The predicted molar refractivity (Wildman–Crippen MR) is 134 cm³/mol. The molecule has 2 aromatic rings. The zero-order valence-corrected chi connectivity index (χ0v) is 20.9. The van der Waals surface area contributed by atoms with Gasteiger partial charge >= 0.3 is 0 Å². The fourth-order valence-corrected chi connectivity index (χ4v) is 2.54. The van der Waals surface area contributed by atoms with Crippen LogP contribution in [0, 0.1) is 0 Å². The van der Waals surface area contributed by atoms with Gasteiger partial charge in [-0.25, -0.2) is 4.99 Å². The first-order chi connectivity index (χ1) is 14.5. The highest BCUT2D eigenvalue weighted by Gasteiger charge is 2.07. The summed E-state index contributed by atoms with van der Waals surface area (Å²) in [7, 11) is 6.60. The lowest BCUT2D eigenvalue weighted by Crippen LogP contribution is -2.30. The van der Waals surface area contributed by atoms with Gasteiger partial charge in [-0.15, -0.1) is 24.0 Å². The molecule has 2 N–H and O–H groups in total. The van der Waals surface area contributed by atoms with Crippen LogP contribution >= 0.6 is 24.0 Å². The summed E-state index contributed by atoms with van der Waals surface area (Å²) in [6.45, 7) is 3.17. The van der Waals surface area contributed by atoms with E-state index in [1.807, 2.05) is 49.4 Å². The average Bonchev–Trinajstić information content (AvgIpc) is 2.76. The Balaban J connectivity index is 0.00000480. The third-order valence-electron chi connectivity index (χ3n) is 4.17. The molecule has 0 bridgehead atoms. The van der Waals surface area contributed by atoms with Gasteiger partial charge in [0.1, 0.15) is 5.75 Å². The lowest BCUT2D eigenvalue weighted by atomic mass is 10.2. The number of rotatable bonds is 9. The molecular weight excluding hydrogens is 511 g/mol. The number of nitrogens with one attached hydrogen (secondary N) is 2. The molecule has 0 atom stereocenters. The van der Waals surface area contributed by atoms with Crippen LogP contribution in [-0.4, -0.2) is 58.2 Å². The maximum Gasteiger partial charge on any atom is 0.259 e. The number of carbonyl (C=O) groups is 1. The fourth-order valence-electron chi connectivity index (χ4n) is 2.54. The van der Waals surface area contributed by atoms with Crippen molar-refractivity contribution in [3.05, 3.63) is 48.0 Å². The summed E-state index contributed by atoms with van der Waals surface area (Å²) in [6.07, 6.45) is 0. The van der Waals surface area contributed by atoms with Crippen molar-refractivity contribution < 1.29 is 19.0 Å². The first-order valence-electron chi connectivity index (χ1n) is 9.66. The van der Waals surface area contributed by atoms with Gasteiger partial charge in [-0.1, -0.05) is 12.1 Å². The lowest BCUT2D eigenvalue weighted by Gasteiger charge is -2.14. The van der Waals surface area contributed by atoms with Crippen molar-refractivity contribution in [1.82, 2.24) is 10.2 Å². The molecule has 0 saturated heterocycles. The molecule has 31 heavy (non-hydrogen) atoms. The second-order valence-corrected chi connectivity index (χ2v) is 6.61. The number of benzene rings is 2. The van der Waals surface area contributed by atoms with E-state index in [0.29, 0.717) is 29.8 Å². The Morgan fingerprint density at radius 1 is 1.06 bits per heavy atom. The summed E-state index contributed by atoms with van der Waals surface area (Å²) in [5.41, 5.74) is 1.79. The molecule has 0 aliphatic rings. The SMILES string of the molecule is CCNC(=NCc1cccc(OCC(=O)N(C)C)c1)Nc1ccc(OC)c(OC)c1.I. The van der Waals surface area contributed by atoms with E-state index in [4.69, 9.17) is 14.2 Å². The maximum atomic E-state index is 11.7. The summed E-state index contributed by atoms with van der Waals surface area (Å²) in [6, 6.07) is 13.1. The number of hydrogen-bond donors (Lipinski definition) is 2. The van der Waals surface area contributed by atoms with Crippen molar-refractivity contribution in [2.45, 2.75) is 13.5 Å². The number of likely N-dealkylation sites (N-methyl/N-ethyl adjacent to an activating group) is 1. The van der Waals surface area contributed by atoms with E-state index >= 15 is 0 Å². The van der Waals surface area contributed by atoms with Gasteiger partial charge in [0.15, 0.2) is 24.1 Å². The highest BCUT2D eigenvalue weighted by atomic mass is 127. The van der Waals surface area contributed by atoms with E-state index in [-0.39, 0.29) is 36.5 Å². The largest absolute Gasteiger partial charge is 0.493 e. The van der Waals surface area contributed by atoms with Crippen LogP contribution in [0.1, 0.15) is 12.5 Å². The maximum absolute atomic E-state index is 11.7. The minimum atomic E-state index is -0.0908. The van der Waals surface area contributed by atoms with Crippen LogP contribution in [0.3, 0.4) is 0 Å². The Bertz CT molecular complexity index is 874. The van der Waals surface area contributed by atoms with E-state index in [2.05, 4.69) is 15.6 Å². The second kappa shape index (κ2) is 13.6. The molecular formula is C22H31IN4O4. The van der Waals surface area contributed by atoms with Crippen LogP contribution in [0.15, 0.2) is 47.5 Å². The molecule has 0 spiro atoms. The van der Waals surface area contributed by atoms with Crippen molar-refractivity contribution in [2.24, 2.45) is 4.99 Å². The molecule has 170 valence electrons. The topological polar surface area (TPSA) is 84.4 Å². The summed E-state index contributed by atoms with van der Waals surface area (Å²) >= 11 is 0. The van der Waals surface area contributed by atoms with Gasteiger partial charge in [-0.3, -0.25) is 4.79 Å². The lowest BCUT2D eigenvalue weighted by molar-refractivity contribution is -0.130. The van der Waals surface area contributed by atoms with Gasteiger partial charge in [0.25, 0.3) is 5.91 Å². The third-order valence-corrected chi connectivity index (χ3v) is 4.17. The van der Waals surface area contributed by atoms with Gasteiger partial charge in [0.2, 0.25) is 0 Å². The molecule has 1 amide bonds. The van der Waals surface area contributed by atoms with E-state index in [1.165, 1.54) is 4.90 Å². The quantitative estimate of drug-likeness (QED) is 0.287. The minimum absolute atomic E-state index is 0. The second-order valence-electron chi connectivity index (χ2n) is 6.61. The average molecular weight is 542 g/mol. The van der Waals surface area contributed by atoms with Gasteiger partial charge in [-0.05, 0) is 36.8 Å². The third kappa shape index (κ3) is 8.52. The monoisotopic (exact) mass is 542 g/mol. The Labute approximate surface area is 201 Å². The molecule has 0 aliphatic heterocycles. The fraction of sp³-hybridized carbons (Fsp3) is 0.364. The number of carbonyl (C=O) groups excluding carboxylic acids is 1. The highest BCUT2D eigenvalue weighted by Crippen LogP contribution is 2.29. The van der Waals surface area contributed by atoms with E-state index < -0.39 is 0 Å². The molecule has 9 heteroatoms. The Morgan fingerprint density at radius 2 is 1.81 bits per heavy atom. The van der Waals surface area contributed by atoms with Gasteiger partial charge in [0.05, 0.1) is 20.8 Å². The predicted octanol–water partition coefficient (Wildman–Crippen LogP) is 3.37. The van der Waals surface area contributed by atoms with Crippen LogP contribution in [0.25, 0.3) is 0 Å². The zero-order chi connectivity index (χ0) is 21.9. The number of guanidine groups is 1. The molecule has 2 aromatic carbocycles. The number of halogens is 1. The first-order valence-corrected chi connectivity index (χ1v) is 9.66. The van der Waals surface area contributed by atoms with Crippen molar-refractivity contribution >= 4 is 41.5 Å². The highest BCUT2D eigenvalue weighted by molar-refractivity contribution is 14.0. The van der Waals surface area contributed by atoms with Crippen LogP contribution in [0.5, 0.6) is 17.2 Å².